The maximum absolute atomic E-state index is 13.2. The summed E-state index contributed by atoms with van der Waals surface area (Å²) in [5.41, 5.74) is 2.87. The predicted molar refractivity (Wildman–Crippen MR) is 134 cm³/mol. The van der Waals surface area contributed by atoms with E-state index in [1.54, 1.807) is 48.4 Å². The summed E-state index contributed by atoms with van der Waals surface area (Å²) in [7, 11) is 1.77. The van der Waals surface area contributed by atoms with E-state index >= 15 is 0 Å². The van der Waals surface area contributed by atoms with Crippen molar-refractivity contribution in [3.05, 3.63) is 64.6 Å². The molecule has 176 valence electrons. The first-order valence-corrected chi connectivity index (χ1v) is 11.3. The fraction of sp³-hybridized carbons (Fsp3) is 0.320. The van der Waals surface area contributed by atoms with Crippen molar-refractivity contribution in [3.63, 3.8) is 0 Å². The molecule has 0 unspecified atom stereocenters. The van der Waals surface area contributed by atoms with Gasteiger partial charge >= 0.3 is 0 Å². The Hall–Kier alpha value is -4.01. The Morgan fingerprint density at radius 2 is 2.06 bits per heavy atom. The van der Waals surface area contributed by atoms with Gasteiger partial charge in [-0.2, -0.15) is 0 Å². The van der Waals surface area contributed by atoms with E-state index in [1.807, 2.05) is 13.0 Å². The zero-order chi connectivity index (χ0) is 24.2. The normalized spacial score (nSPS) is 13.6. The van der Waals surface area contributed by atoms with Gasteiger partial charge in [-0.3, -0.25) is 14.3 Å². The molecule has 0 radical (unpaired) electrons. The summed E-state index contributed by atoms with van der Waals surface area (Å²) in [4.78, 5) is 29.0. The highest BCUT2D eigenvalue weighted by Gasteiger charge is 2.23. The molecular weight excluding hydrogens is 430 g/mol. The predicted octanol–water partition coefficient (Wildman–Crippen LogP) is 3.63. The Kier molecular flexibility index (Phi) is 6.72. The Morgan fingerprint density at radius 3 is 2.76 bits per heavy atom. The van der Waals surface area contributed by atoms with E-state index in [0.29, 0.717) is 46.3 Å². The van der Waals surface area contributed by atoms with Gasteiger partial charge in [0, 0.05) is 62.6 Å². The molecular formula is C25H29N7O2. The molecule has 34 heavy (non-hydrogen) atoms. The lowest BCUT2D eigenvalue weighted by Crippen LogP contribution is -2.42. The Morgan fingerprint density at radius 1 is 1.24 bits per heavy atom. The molecule has 0 aliphatic carbocycles. The standard InChI is InChI=1S/C25H29N7O2/c1-16(2)31-10-5-11-32-24(33)20(15-29-25(31)32)21-6-7-23(17(3)30-21)34-19-8-9-28-22(12-19)18(13-26)14-27-4/h6-9,12-16,26-27H,5,10-11H2,1-4H3/b18-14+,26-13?. The second-order valence-electron chi connectivity index (χ2n) is 8.36. The number of hydrogen-bond donors (Lipinski definition) is 2. The van der Waals surface area contributed by atoms with E-state index in [1.165, 1.54) is 6.21 Å². The van der Waals surface area contributed by atoms with E-state index in [9.17, 15) is 4.79 Å². The number of ether oxygens (including phenoxy) is 1. The van der Waals surface area contributed by atoms with Crippen molar-refractivity contribution in [2.75, 3.05) is 18.5 Å². The molecule has 0 spiro atoms. The molecule has 4 heterocycles. The fourth-order valence-corrected chi connectivity index (χ4v) is 3.99. The van der Waals surface area contributed by atoms with Crippen LogP contribution in [0.1, 0.15) is 31.7 Å². The van der Waals surface area contributed by atoms with Crippen LogP contribution in [0.2, 0.25) is 0 Å². The number of fused-ring (bicyclic) bond motifs is 1. The maximum atomic E-state index is 13.2. The van der Waals surface area contributed by atoms with Crippen molar-refractivity contribution in [2.24, 2.45) is 0 Å². The molecule has 3 aromatic rings. The highest BCUT2D eigenvalue weighted by atomic mass is 16.5. The SMILES string of the molecule is CN/C=C(\C=N)c1cc(Oc2ccc(-c3cnc4n(c3=O)CCCN4C(C)C)nc2C)ccn1. The van der Waals surface area contributed by atoms with Gasteiger partial charge in [-0.15, -0.1) is 0 Å². The quantitative estimate of drug-likeness (QED) is 0.519. The van der Waals surface area contributed by atoms with Crippen LogP contribution in [0.5, 0.6) is 11.5 Å². The summed E-state index contributed by atoms with van der Waals surface area (Å²) in [6, 6.07) is 7.38. The van der Waals surface area contributed by atoms with Gasteiger partial charge in [0.15, 0.2) is 0 Å². The van der Waals surface area contributed by atoms with Crippen LogP contribution >= 0.6 is 0 Å². The summed E-state index contributed by atoms with van der Waals surface area (Å²) < 4.78 is 7.79. The van der Waals surface area contributed by atoms with E-state index in [0.717, 1.165) is 18.9 Å². The first-order valence-electron chi connectivity index (χ1n) is 11.3. The van der Waals surface area contributed by atoms with Gasteiger partial charge in [0.05, 0.1) is 22.6 Å². The smallest absolute Gasteiger partial charge is 0.264 e. The monoisotopic (exact) mass is 459 g/mol. The molecule has 9 heteroatoms. The van der Waals surface area contributed by atoms with Crippen molar-refractivity contribution < 1.29 is 4.74 Å². The molecule has 0 amide bonds. The molecule has 1 aliphatic heterocycles. The first kappa shape index (κ1) is 23.2. The molecule has 0 atom stereocenters. The number of hydrogen-bond acceptors (Lipinski definition) is 8. The average Bonchev–Trinajstić information content (AvgIpc) is 2.84. The number of pyridine rings is 2. The van der Waals surface area contributed by atoms with Crippen molar-refractivity contribution in [1.29, 1.82) is 5.41 Å². The second-order valence-corrected chi connectivity index (χ2v) is 8.36. The van der Waals surface area contributed by atoms with E-state index < -0.39 is 0 Å². The molecule has 3 aromatic heterocycles. The lowest BCUT2D eigenvalue weighted by atomic mass is 10.1. The zero-order valence-electron chi connectivity index (χ0n) is 19.9. The Labute approximate surface area is 198 Å². The highest BCUT2D eigenvalue weighted by molar-refractivity contribution is 6.07. The fourth-order valence-electron chi connectivity index (χ4n) is 3.99. The van der Waals surface area contributed by atoms with Gasteiger partial charge in [-0.05, 0) is 45.4 Å². The average molecular weight is 460 g/mol. The van der Waals surface area contributed by atoms with Crippen LogP contribution in [-0.2, 0) is 6.54 Å². The Balaban J connectivity index is 1.62. The van der Waals surface area contributed by atoms with Crippen molar-refractivity contribution >= 4 is 17.7 Å². The molecule has 0 aromatic carbocycles. The topological polar surface area (TPSA) is 109 Å². The summed E-state index contributed by atoms with van der Waals surface area (Å²) in [5.74, 6) is 1.87. The van der Waals surface area contributed by atoms with Gasteiger partial charge in [0.25, 0.3) is 5.56 Å². The van der Waals surface area contributed by atoms with Gasteiger partial charge in [-0.25, -0.2) is 9.97 Å². The van der Waals surface area contributed by atoms with Gasteiger partial charge in [0.2, 0.25) is 5.95 Å². The summed E-state index contributed by atoms with van der Waals surface area (Å²) in [6.07, 6.45) is 7.10. The molecule has 0 saturated carbocycles. The van der Waals surface area contributed by atoms with Gasteiger partial charge in [-0.1, -0.05) is 0 Å². The summed E-state index contributed by atoms with van der Waals surface area (Å²) >= 11 is 0. The third kappa shape index (κ3) is 4.54. The van der Waals surface area contributed by atoms with E-state index in [2.05, 4.69) is 39.0 Å². The van der Waals surface area contributed by atoms with Crippen LogP contribution in [0.15, 0.2) is 47.7 Å². The van der Waals surface area contributed by atoms with Gasteiger partial charge < -0.3 is 20.4 Å². The van der Waals surface area contributed by atoms with Crippen LogP contribution in [0, 0.1) is 12.3 Å². The maximum Gasteiger partial charge on any atom is 0.264 e. The van der Waals surface area contributed by atoms with Crippen LogP contribution in [0.3, 0.4) is 0 Å². The molecule has 2 N–H and O–H groups in total. The number of aryl methyl sites for hydroxylation is 1. The minimum absolute atomic E-state index is 0.0785. The van der Waals surface area contributed by atoms with Crippen molar-refractivity contribution in [3.8, 4) is 22.8 Å². The number of rotatable bonds is 7. The number of anilines is 1. The number of allylic oxidation sites excluding steroid dienone is 1. The first-order chi connectivity index (χ1) is 16.4. The number of nitrogens with one attached hydrogen (secondary N) is 2. The largest absolute Gasteiger partial charge is 0.455 e. The third-order valence-corrected chi connectivity index (χ3v) is 5.71. The van der Waals surface area contributed by atoms with E-state index in [4.69, 9.17) is 10.1 Å². The molecule has 0 bridgehead atoms. The Bertz CT molecular complexity index is 1300. The third-order valence-electron chi connectivity index (χ3n) is 5.71. The number of nitrogens with zero attached hydrogens (tertiary/aromatic N) is 5. The lowest BCUT2D eigenvalue weighted by Gasteiger charge is -2.33. The van der Waals surface area contributed by atoms with Crippen molar-refractivity contribution in [1.82, 2.24) is 24.8 Å². The summed E-state index contributed by atoms with van der Waals surface area (Å²) in [5, 5.41) is 10.5. The minimum Gasteiger partial charge on any atom is -0.455 e. The molecule has 9 nitrogen and oxygen atoms in total. The van der Waals surface area contributed by atoms with Crippen LogP contribution in [0.4, 0.5) is 5.95 Å². The molecule has 0 fully saturated rings. The van der Waals surface area contributed by atoms with Crippen molar-refractivity contribution in [2.45, 2.75) is 39.8 Å². The zero-order valence-corrected chi connectivity index (χ0v) is 19.9. The minimum atomic E-state index is -0.0785. The second kappa shape index (κ2) is 9.86. The highest BCUT2D eigenvalue weighted by Crippen LogP contribution is 2.28. The summed E-state index contributed by atoms with van der Waals surface area (Å²) in [6.45, 7) is 7.61. The van der Waals surface area contributed by atoms with E-state index in [-0.39, 0.29) is 11.6 Å². The number of aromatic nitrogens is 4. The molecule has 0 saturated heterocycles. The van der Waals surface area contributed by atoms with Crippen LogP contribution in [0.25, 0.3) is 16.8 Å². The van der Waals surface area contributed by atoms with Crippen LogP contribution < -0.4 is 20.5 Å². The lowest BCUT2D eigenvalue weighted by molar-refractivity contribution is 0.475. The molecule has 4 rings (SSSR count). The molecule has 1 aliphatic rings. The van der Waals surface area contributed by atoms with Gasteiger partial charge in [0.1, 0.15) is 11.5 Å². The van der Waals surface area contributed by atoms with Crippen LogP contribution in [-0.4, -0.2) is 45.4 Å².